The van der Waals surface area contributed by atoms with E-state index in [0.717, 1.165) is 6.42 Å². The maximum absolute atomic E-state index is 12.2. The summed E-state index contributed by atoms with van der Waals surface area (Å²) in [6, 6.07) is 10.2. The number of benzene rings is 1. The fourth-order valence-corrected chi connectivity index (χ4v) is 3.42. The summed E-state index contributed by atoms with van der Waals surface area (Å²) in [5.74, 6) is -0.231. The van der Waals surface area contributed by atoms with Gasteiger partial charge in [-0.25, -0.2) is 4.79 Å². The van der Waals surface area contributed by atoms with Crippen molar-refractivity contribution in [3.63, 3.8) is 0 Å². The molecule has 1 aromatic carbocycles. The van der Waals surface area contributed by atoms with Gasteiger partial charge in [-0.3, -0.25) is 14.6 Å². The molecule has 2 aromatic rings. The monoisotopic (exact) mass is 327 g/mol. The van der Waals surface area contributed by atoms with Gasteiger partial charge in [0.1, 0.15) is 0 Å². The molecule has 6 nitrogen and oxygen atoms in total. The Morgan fingerprint density at radius 2 is 1.88 bits per heavy atom. The highest BCUT2D eigenvalue weighted by atomic mass is 16.2. The summed E-state index contributed by atoms with van der Waals surface area (Å²) >= 11 is 0. The van der Waals surface area contributed by atoms with E-state index in [4.69, 9.17) is 0 Å². The molecule has 3 N–H and O–H groups in total. The van der Waals surface area contributed by atoms with Gasteiger partial charge in [0.2, 0.25) is 5.91 Å². The smallest absolute Gasteiger partial charge is 0.325 e. The first-order chi connectivity index (χ1) is 11.3. The largest absolute Gasteiger partial charge is 0.355 e. The van der Waals surface area contributed by atoms with Crippen LogP contribution in [-0.2, 0) is 16.6 Å². The van der Waals surface area contributed by atoms with Crippen molar-refractivity contribution in [2.24, 2.45) is 5.41 Å². The average molecular weight is 327 g/mol. The number of amides is 1. The molecule has 1 amide bonds. The van der Waals surface area contributed by atoms with E-state index in [1.54, 1.807) is 0 Å². The molecule has 1 atom stereocenters. The molecule has 1 saturated carbocycles. The lowest BCUT2D eigenvalue weighted by molar-refractivity contribution is -0.120. The zero-order chi connectivity index (χ0) is 17.4. The molecule has 1 aliphatic rings. The van der Waals surface area contributed by atoms with Crippen molar-refractivity contribution in [1.82, 2.24) is 15.3 Å². The Labute approximate surface area is 139 Å². The summed E-state index contributed by atoms with van der Waals surface area (Å²) in [4.78, 5) is 39.4. The van der Waals surface area contributed by atoms with Gasteiger partial charge in [-0.1, -0.05) is 44.2 Å². The first-order valence-electron chi connectivity index (χ1n) is 7.97. The SMILES string of the molecule is CC1(C)C[C@]1(CNC(=O)Cc1c[nH]c(=O)[nH]c1=O)c1ccccc1. The van der Waals surface area contributed by atoms with Crippen LogP contribution in [0.15, 0.2) is 46.1 Å². The van der Waals surface area contributed by atoms with Gasteiger partial charge in [0.05, 0.1) is 6.42 Å². The number of aromatic amines is 2. The molecule has 126 valence electrons. The topological polar surface area (TPSA) is 94.8 Å². The highest BCUT2D eigenvalue weighted by molar-refractivity contribution is 5.78. The zero-order valence-corrected chi connectivity index (χ0v) is 13.8. The summed E-state index contributed by atoms with van der Waals surface area (Å²) in [5, 5.41) is 2.95. The Morgan fingerprint density at radius 1 is 1.21 bits per heavy atom. The molecule has 24 heavy (non-hydrogen) atoms. The van der Waals surface area contributed by atoms with E-state index in [1.807, 2.05) is 18.2 Å². The Kier molecular flexibility index (Phi) is 3.91. The van der Waals surface area contributed by atoms with Crippen LogP contribution in [0.5, 0.6) is 0 Å². The maximum Gasteiger partial charge on any atom is 0.325 e. The number of rotatable bonds is 5. The van der Waals surface area contributed by atoms with Crippen molar-refractivity contribution in [3.8, 4) is 0 Å². The van der Waals surface area contributed by atoms with Crippen molar-refractivity contribution < 1.29 is 4.79 Å². The van der Waals surface area contributed by atoms with Crippen LogP contribution in [0, 0.1) is 5.41 Å². The fraction of sp³-hybridized carbons (Fsp3) is 0.389. The second-order valence-electron chi connectivity index (χ2n) is 7.06. The standard InChI is InChI=1S/C18H21N3O3/c1-17(2)10-18(17,13-6-4-3-5-7-13)11-20-14(22)8-12-9-19-16(24)21-15(12)23/h3-7,9H,8,10-11H2,1-2H3,(H,20,22)(H2,19,21,23,24)/t18-/m0/s1. The number of carbonyl (C=O) groups excluding carboxylic acids is 1. The van der Waals surface area contributed by atoms with Gasteiger partial charge in [-0.2, -0.15) is 0 Å². The van der Waals surface area contributed by atoms with Gasteiger partial charge < -0.3 is 10.3 Å². The van der Waals surface area contributed by atoms with Gasteiger partial charge in [0.25, 0.3) is 5.56 Å². The molecule has 1 aliphatic carbocycles. The lowest BCUT2D eigenvalue weighted by Crippen LogP contribution is -2.37. The van der Waals surface area contributed by atoms with Crippen LogP contribution in [-0.4, -0.2) is 22.4 Å². The Balaban J connectivity index is 1.69. The molecule has 0 aliphatic heterocycles. The first kappa shape index (κ1) is 16.2. The van der Waals surface area contributed by atoms with Crippen LogP contribution in [0.3, 0.4) is 0 Å². The molecular formula is C18H21N3O3. The number of H-pyrrole nitrogens is 2. The second-order valence-corrected chi connectivity index (χ2v) is 7.06. The zero-order valence-electron chi connectivity index (χ0n) is 13.8. The quantitative estimate of drug-likeness (QED) is 0.767. The van der Waals surface area contributed by atoms with Crippen molar-refractivity contribution in [2.75, 3.05) is 6.54 Å². The van der Waals surface area contributed by atoms with Crippen molar-refractivity contribution in [3.05, 3.63) is 68.5 Å². The third kappa shape index (κ3) is 2.91. The molecule has 1 aromatic heterocycles. The van der Waals surface area contributed by atoms with Crippen molar-refractivity contribution in [2.45, 2.75) is 32.1 Å². The number of carbonyl (C=O) groups is 1. The summed E-state index contributed by atoms with van der Waals surface area (Å²) in [6.07, 6.45) is 2.23. The minimum atomic E-state index is -0.577. The molecule has 0 bridgehead atoms. The Hall–Kier alpha value is -2.63. The lowest BCUT2D eigenvalue weighted by atomic mass is 9.88. The second kappa shape index (κ2) is 5.78. The van der Waals surface area contributed by atoms with Gasteiger partial charge in [0.15, 0.2) is 0 Å². The van der Waals surface area contributed by atoms with Crippen LogP contribution < -0.4 is 16.6 Å². The van der Waals surface area contributed by atoms with Crippen LogP contribution in [0.25, 0.3) is 0 Å². The molecule has 1 fully saturated rings. The molecule has 0 spiro atoms. The minimum absolute atomic E-state index is 0.0581. The Morgan fingerprint density at radius 3 is 2.46 bits per heavy atom. The van der Waals surface area contributed by atoms with Gasteiger partial charge in [-0.05, 0) is 17.4 Å². The average Bonchev–Trinajstić information content (AvgIpc) is 3.12. The van der Waals surface area contributed by atoms with E-state index in [-0.39, 0.29) is 28.7 Å². The highest BCUT2D eigenvalue weighted by Gasteiger charge is 2.61. The number of nitrogens with one attached hydrogen (secondary N) is 3. The first-order valence-corrected chi connectivity index (χ1v) is 7.97. The number of aromatic nitrogens is 2. The number of hydrogen-bond donors (Lipinski definition) is 3. The normalized spacial score (nSPS) is 21.2. The Bertz CT molecular complexity index is 867. The van der Waals surface area contributed by atoms with Gasteiger partial charge in [0, 0.05) is 23.7 Å². The molecular weight excluding hydrogens is 306 g/mol. The lowest BCUT2D eigenvalue weighted by Gasteiger charge is -2.22. The third-order valence-corrected chi connectivity index (χ3v) is 5.08. The highest BCUT2D eigenvalue weighted by Crippen LogP contribution is 2.63. The van der Waals surface area contributed by atoms with E-state index in [1.165, 1.54) is 11.8 Å². The van der Waals surface area contributed by atoms with E-state index in [9.17, 15) is 14.4 Å². The van der Waals surface area contributed by atoms with Crippen molar-refractivity contribution >= 4 is 5.91 Å². The molecule has 0 unspecified atom stereocenters. The predicted molar refractivity (Wildman–Crippen MR) is 90.9 cm³/mol. The predicted octanol–water partition coefficient (Wildman–Crippen LogP) is 1.09. The van der Waals surface area contributed by atoms with Crippen molar-refractivity contribution in [1.29, 1.82) is 0 Å². The number of hydrogen-bond acceptors (Lipinski definition) is 3. The molecule has 1 heterocycles. The van der Waals surface area contributed by atoms with Gasteiger partial charge >= 0.3 is 5.69 Å². The minimum Gasteiger partial charge on any atom is -0.355 e. The molecule has 3 rings (SSSR count). The molecule has 0 radical (unpaired) electrons. The van der Waals surface area contributed by atoms with Crippen LogP contribution >= 0.6 is 0 Å². The van der Waals surface area contributed by atoms with E-state index >= 15 is 0 Å². The van der Waals surface area contributed by atoms with Crippen LogP contribution in [0.2, 0.25) is 0 Å². The summed E-state index contributed by atoms with van der Waals surface area (Å²) in [5.41, 5.74) is 0.414. The third-order valence-electron chi connectivity index (χ3n) is 5.08. The van der Waals surface area contributed by atoms with E-state index in [2.05, 4.69) is 41.3 Å². The van der Waals surface area contributed by atoms with E-state index in [0.29, 0.717) is 6.54 Å². The molecule has 0 saturated heterocycles. The maximum atomic E-state index is 12.2. The summed E-state index contributed by atoms with van der Waals surface area (Å²) < 4.78 is 0. The fourth-order valence-electron chi connectivity index (χ4n) is 3.42. The van der Waals surface area contributed by atoms with E-state index < -0.39 is 11.2 Å². The summed E-state index contributed by atoms with van der Waals surface area (Å²) in [7, 11) is 0. The van der Waals surface area contributed by atoms with Gasteiger partial charge in [-0.15, -0.1) is 0 Å². The van der Waals surface area contributed by atoms with Crippen LogP contribution in [0.4, 0.5) is 0 Å². The summed E-state index contributed by atoms with van der Waals surface area (Å²) in [6.45, 7) is 4.92. The molecule has 6 heteroatoms. The van der Waals surface area contributed by atoms with Crippen LogP contribution in [0.1, 0.15) is 31.4 Å².